The molecule has 0 saturated heterocycles. The molecule has 0 amide bonds. The fraction of sp³-hybridized carbons (Fsp3) is 0.182. The van der Waals surface area contributed by atoms with Crippen molar-refractivity contribution < 1.29 is 14.3 Å². The third kappa shape index (κ3) is 2.73. The van der Waals surface area contributed by atoms with E-state index < -0.39 is 0 Å². The van der Waals surface area contributed by atoms with Crippen LogP contribution in [-0.4, -0.2) is 20.5 Å². The number of aldehydes is 1. The van der Waals surface area contributed by atoms with Crippen molar-refractivity contribution in [3.63, 3.8) is 0 Å². The Morgan fingerprint density at radius 1 is 1.27 bits per heavy atom. The standard InChI is InChI=1S/C11H11ClO3/c1-14-10-7-8(4-3-5-13)6-9(12)11(10)15-2/h3-7H,1-2H3/b4-3+. The Bertz CT molecular complexity index is 386. The summed E-state index contributed by atoms with van der Waals surface area (Å²) in [6, 6.07) is 3.44. The van der Waals surface area contributed by atoms with E-state index >= 15 is 0 Å². The molecule has 1 aromatic rings. The first-order valence-electron chi connectivity index (χ1n) is 4.26. The third-order valence-corrected chi connectivity index (χ3v) is 2.10. The van der Waals surface area contributed by atoms with Gasteiger partial charge in [0.25, 0.3) is 0 Å². The van der Waals surface area contributed by atoms with Gasteiger partial charge in [0.15, 0.2) is 11.5 Å². The first kappa shape index (κ1) is 11.6. The van der Waals surface area contributed by atoms with E-state index in [4.69, 9.17) is 21.1 Å². The lowest BCUT2D eigenvalue weighted by molar-refractivity contribution is -0.104. The van der Waals surface area contributed by atoms with Crippen LogP contribution in [0.15, 0.2) is 18.2 Å². The van der Waals surface area contributed by atoms with Crippen LogP contribution in [0.5, 0.6) is 11.5 Å². The van der Waals surface area contributed by atoms with Gasteiger partial charge in [-0.1, -0.05) is 17.7 Å². The highest BCUT2D eigenvalue weighted by atomic mass is 35.5. The Hall–Kier alpha value is -1.48. The summed E-state index contributed by atoms with van der Waals surface area (Å²) in [5.74, 6) is 1.03. The number of halogens is 1. The third-order valence-electron chi connectivity index (χ3n) is 1.82. The van der Waals surface area contributed by atoms with Crippen LogP contribution in [0, 0.1) is 0 Å². The Morgan fingerprint density at radius 2 is 2.00 bits per heavy atom. The average molecular weight is 227 g/mol. The Kier molecular flexibility index (Phi) is 4.18. The molecule has 4 heteroatoms. The van der Waals surface area contributed by atoms with Gasteiger partial charge in [-0.2, -0.15) is 0 Å². The molecule has 0 N–H and O–H groups in total. The molecule has 0 aliphatic carbocycles. The highest BCUT2D eigenvalue weighted by molar-refractivity contribution is 6.32. The van der Waals surface area contributed by atoms with Crippen molar-refractivity contribution in [3.05, 3.63) is 28.8 Å². The second-order valence-electron chi connectivity index (χ2n) is 2.73. The van der Waals surface area contributed by atoms with Crippen LogP contribution in [0.25, 0.3) is 6.08 Å². The van der Waals surface area contributed by atoms with Crippen molar-refractivity contribution in [2.45, 2.75) is 0 Å². The van der Waals surface area contributed by atoms with E-state index in [1.165, 1.54) is 20.3 Å². The van der Waals surface area contributed by atoms with E-state index in [1.807, 2.05) is 0 Å². The van der Waals surface area contributed by atoms with Gasteiger partial charge < -0.3 is 9.47 Å². The maximum absolute atomic E-state index is 10.2. The van der Waals surface area contributed by atoms with Crippen molar-refractivity contribution in [1.29, 1.82) is 0 Å². The Labute approximate surface area is 93.3 Å². The number of carbonyl (C=O) groups is 1. The maximum Gasteiger partial charge on any atom is 0.179 e. The highest BCUT2D eigenvalue weighted by Gasteiger charge is 2.09. The van der Waals surface area contributed by atoms with Gasteiger partial charge in [-0.05, 0) is 23.8 Å². The topological polar surface area (TPSA) is 35.5 Å². The molecule has 0 fully saturated rings. The lowest BCUT2D eigenvalue weighted by Crippen LogP contribution is -1.92. The molecule has 0 unspecified atom stereocenters. The molecular weight excluding hydrogens is 216 g/mol. The molecule has 0 saturated carbocycles. The smallest absolute Gasteiger partial charge is 0.179 e. The van der Waals surface area contributed by atoms with Gasteiger partial charge in [0.2, 0.25) is 0 Å². The minimum atomic E-state index is 0.447. The van der Waals surface area contributed by atoms with E-state index in [2.05, 4.69) is 0 Å². The molecular formula is C11H11ClO3. The van der Waals surface area contributed by atoms with Crippen molar-refractivity contribution in [2.75, 3.05) is 14.2 Å². The molecule has 0 bridgehead atoms. The molecule has 0 aliphatic heterocycles. The molecule has 80 valence electrons. The minimum absolute atomic E-state index is 0.447. The van der Waals surface area contributed by atoms with Gasteiger partial charge in [-0.3, -0.25) is 4.79 Å². The normalized spacial score (nSPS) is 10.3. The molecule has 1 rings (SSSR count). The second kappa shape index (κ2) is 5.41. The SMILES string of the molecule is COc1cc(/C=C/C=O)cc(Cl)c1OC. The lowest BCUT2D eigenvalue weighted by Gasteiger charge is -2.09. The van der Waals surface area contributed by atoms with Crippen molar-refractivity contribution >= 4 is 24.0 Å². The number of carbonyl (C=O) groups excluding carboxylic acids is 1. The molecule has 0 spiro atoms. The molecule has 0 heterocycles. The summed E-state index contributed by atoms with van der Waals surface area (Å²) in [6.45, 7) is 0. The molecule has 0 radical (unpaired) electrons. The van der Waals surface area contributed by atoms with Crippen molar-refractivity contribution in [2.24, 2.45) is 0 Å². The van der Waals surface area contributed by atoms with Crippen LogP contribution in [0.4, 0.5) is 0 Å². The maximum atomic E-state index is 10.2. The van der Waals surface area contributed by atoms with E-state index in [9.17, 15) is 4.79 Å². The van der Waals surface area contributed by atoms with Gasteiger partial charge >= 0.3 is 0 Å². The zero-order valence-electron chi connectivity index (χ0n) is 8.49. The zero-order valence-corrected chi connectivity index (χ0v) is 9.25. The minimum Gasteiger partial charge on any atom is -0.493 e. The first-order valence-corrected chi connectivity index (χ1v) is 4.64. The molecule has 1 aromatic carbocycles. The second-order valence-corrected chi connectivity index (χ2v) is 3.14. The lowest BCUT2D eigenvalue weighted by atomic mass is 10.2. The van der Waals surface area contributed by atoms with E-state index in [-0.39, 0.29) is 0 Å². The predicted octanol–water partition coefficient (Wildman–Crippen LogP) is 2.57. The Balaban J connectivity index is 3.18. The number of benzene rings is 1. The Morgan fingerprint density at radius 3 is 2.53 bits per heavy atom. The summed E-state index contributed by atoms with van der Waals surface area (Å²) in [7, 11) is 3.05. The summed E-state index contributed by atoms with van der Waals surface area (Å²) in [6.07, 6.45) is 3.73. The summed E-state index contributed by atoms with van der Waals surface area (Å²) in [4.78, 5) is 10.2. The van der Waals surface area contributed by atoms with Crippen molar-refractivity contribution in [1.82, 2.24) is 0 Å². The van der Waals surface area contributed by atoms with Crippen LogP contribution in [0.1, 0.15) is 5.56 Å². The summed E-state index contributed by atoms with van der Waals surface area (Å²) >= 11 is 5.97. The van der Waals surface area contributed by atoms with E-state index in [0.29, 0.717) is 22.8 Å². The molecule has 0 atom stereocenters. The predicted molar refractivity (Wildman–Crippen MR) is 59.7 cm³/mol. The average Bonchev–Trinajstić information content (AvgIpc) is 2.25. The summed E-state index contributed by atoms with van der Waals surface area (Å²) in [5, 5.41) is 0.447. The van der Waals surface area contributed by atoms with Gasteiger partial charge in [-0.15, -0.1) is 0 Å². The van der Waals surface area contributed by atoms with Crippen molar-refractivity contribution in [3.8, 4) is 11.5 Å². The molecule has 0 aromatic heterocycles. The highest BCUT2D eigenvalue weighted by Crippen LogP contribution is 2.36. The zero-order chi connectivity index (χ0) is 11.3. The summed E-state index contributed by atoms with van der Waals surface area (Å²) < 4.78 is 10.2. The number of allylic oxidation sites excluding steroid dienone is 1. The van der Waals surface area contributed by atoms with Crippen LogP contribution < -0.4 is 9.47 Å². The van der Waals surface area contributed by atoms with Gasteiger partial charge in [0, 0.05) is 0 Å². The van der Waals surface area contributed by atoms with Crippen LogP contribution in [0.3, 0.4) is 0 Å². The van der Waals surface area contributed by atoms with Gasteiger partial charge in [0.05, 0.1) is 19.2 Å². The van der Waals surface area contributed by atoms with Crippen LogP contribution >= 0.6 is 11.6 Å². The number of methoxy groups -OCH3 is 2. The quantitative estimate of drug-likeness (QED) is 0.585. The largest absolute Gasteiger partial charge is 0.493 e. The monoisotopic (exact) mass is 226 g/mol. The fourth-order valence-corrected chi connectivity index (χ4v) is 1.48. The number of hydrogen-bond acceptors (Lipinski definition) is 3. The number of rotatable bonds is 4. The number of ether oxygens (including phenoxy) is 2. The molecule has 0 aliphatic rings. The van der Waals surface area contributed by atoms with Crippen LogP contribution in [0.2, 0.25) is 5.02 Å². The van der Waals surface area contributed by atoms with E-state index in [1.54, 1.807) is 18.2 Å². The number of hydrogen-bond donors (Lipinski definition) is 0. The fourth-order valence-electron chi connectivity index (χ4n) is 1.18. The van der Waals surface area contributed by atoms with Gasteiger partial charge in [-0.25, -0.2) is 0 Å². The molecule has 3 nitrogen and oxygen atoms in total. The first-order chi connectivity index (χ1) is 7.22. The summed E-state index contributed by atoms with van der Waals surface area (Å²) in [5.41, 5.74) is 0.782. The van der Waals surface area contributed by atoms with Gasteiger partial charge in [0.1, 0.15) is 6.29 Å². The van der Waals surface area contributed by atoms with E-state index in [0.717, 1.165) is 5.56 Å². The molecule has 15 heavy (non-hydrogen) atoms. The van der Waals surface area contributed by atoms with Crippen LogP contribution in [-0.2, 0) is 4.79 Å².